The molecule has 0 heterocycles. The molecule has 3 amide bonds. The number of aromatic hydroxyl groups is 1. The highest BCUT2D eigenvalue weighted by Gasteiger charge is 2.31. The Morgan fingerprint density at radius 3 is 1.89 bits per heavy atom. The summed E-state index contributed by atoms with van der Waals surface area (Å²) < 4.78 is 0. The zero-order valence-corrected chi connectivity index (χ0v) is 22.2. The fourth-order valence-corrected chi connectivity index (χ4v) is 3.65. The molecule has 208 valence electrons. The first-order valence-electron chi connectivity index (χ1n) is 12.7. The number of hydrogen-bond donors (Lipinski definition) is 7. The van der Waals surface area contributed by atoms with Gasteiger partial charge in [-0.05, 0) is 61.8 Å². The van der Waals surface area contributed by atoms with Gasteiger partial charge in [0.1, 0.15) is 23.9 Å². The second-order valence-corrected chi connectivity index (χ2v) is 10.1. The number of benzene rings is 1. The molecule has 11 nitrogen and oxygen atoms in total. The summed E-state index contributed by atoms with van der Waals surface area (Å²) in [6, 6.07) is 2.04. The van der Waals surface area contributed by atoms with Crippen molar-refractivity contribution < 1.29 is 29.4 Å². The number of aliphatic carboxylic acids is 1. The van der Waals surface area contributed by atoms with Crippen molar-refractivity contribution in [1.29, 1.82) is 0 Å². The summed E-state index contributed by atoms with van der Waals surface area (Å²) in [6.07, 6.45) is 1.81. The molecule has 0 aliphatic heterocycles. The molecule has 37 heavy (non-hydrogen) atoms. The minimum atomic E-state index is -1.24. The molecule has 1 aromatic rings. The summed E-state index contributed by atoms with van der Waals surface area (Å²) in [5.74, 6) is -2.96. The van der Waals surface area contributed by atoms with Crippen LogP contribution in [0, 0.1) is 11.8 Å². The lowest BCUT2D eigenvalue weighted by Gasteiger charge is -2.26. The van der Waals surface area contributed by atoms with Crippen molar-refractivity contribution in [2.24, 2.45) is 23.3 Å². The molecular formula is C26H43N5O6. The molecule has 0 fully saturated rings. The molecule has 0 aromatic heterocycles. The van der Waals surface area contributed by atoms with E-state index in [1.807, 2.05) is 13.8 Å². The van der Waals surface area contributed by atoms with Crippen LogP contribution in [0.15, 0.2) is 24.3 Å². The van der Waals surface area contributed by atoms with Gasteiger partial charge in [0.25, 0.3) is 0 Å². The number of hydrogen-bond acceptors (Lipinski definition) is 7. The van der Waals surface area contributed by atoms with Gasteiger partial charge in [-0.3, -0.25) is 14.4 Å². The fraction of sp³-hybridized carbons (Fsp3) is 0.615. The topological polar surface area (TPSA) is 197 Å². The maximum atomic E-state index is 13.2. The Bertz CT molecular complexity index is 890. The largest absolute Gasteiger partial charge is 0.508 e. The fourth-order valence-electron chi connectivity index (χ4n) is 3.65. The first kappa shape index (κ1) is 31.8. The van der Waals surface area contributed by atoms with Crippen LogP contribution in [0.3, 0.4) is 0 Å². The van der Waals surface area contributed by atoms with E-state index in [0.717, 1.165) is 0 Å². The Balaban J connectivity index is 3.02. The quantitative estimate of drug-likeness (QED) is 0.154. The number of nitrogens with one attached hydrogen (secondary N) is 3. The number of carboxylic acids is 1. The minimum absolute atomic E-state index is 0.00540. The Hall–Kier alpha value is -3.18. The molecule has 1 aromatic carbocycles. The lowest BCUT2D eigenvalue weighted by Crippen LogP contribution is -2.57. The number of phenols is 1. The maximum Gasteiger partial charge on any atom is 0.326 e. The monoisotopic (exact) mass is 521 g/mol. The van der Waals surface area contributed by atoms with Crippen molar-refractivity contribution in [3.63, 3.8) is 0 Å². The maximum absolute atomic E-state index is 13.2. The SMILES string of the molecule is CC(C)CC(NC(=O)C(CCCCN)NC(=O)C(N)C(C)C)C(=O)NC(Cc1ccc(O)cc1)C(=O)O. The van der Waals surface area contributed by atoms with E-state index in [0.29, 0.717) is 31.4 Å². The Kier molecular flexibility index (Phi) is 13.6. The summed E-state index contributed by atoms with van der Waals surface area (Å²) in [7, 11) is 0. The van der Waals surface area contributed by atoms with Crippen molar-refractivity contribution in [2.75, 3.05) is 6.54 Å². The number of carbonyl (C=O) groups excluding carboxylic acids is 3. The Morgan fingerprint density at radius 2 is 1.38 bits per heavy atom. The van der Waals surface area contributed by atoms with Gasteiger partial charge in [0.05, 0.1) is 6.04 Å². The van der Waals surface area contributed by atoms with E-state index in [1.54, 1.807) is 26.0 Å². The van der Waals surface area contributed by atoms with Gasteiger partial charge in [0.15, 0.2) is 0 Å². The molecular weight excluding hydrogens is 478 g/mol. The van der Waals surface area contributed by atoms with Crippen molar-refractivity contribution in [3.05, 3.63) is 29.8 Å². The normalized spacial score (nSPS) is 14.5. The van der Waals surface area contributed by atoms with Crippen LogP contribution in [0.25, 0.3) is 0 Å². The van der Waals surface area contributed by atoms with Crippen LogP contribution in [0.4, 0.5) is 0 Å². The van der Waals surface area contributed by atoms with Gasteiger partial charge in [0.2, 0.25) is 17.7 Å². The van der Waals surface area contributed by atoms with E-state index in [2.05, 4.69) is 16.0 Å². The molecule has 11 heteroatoms. The van der Waals surface area contributed by atoms with Crippen LogP contribution in [0.2, 0.25) is 0 Å². The highest BCUT2D eigenvalue weighted by molar-refractivity contribution is 5.94. The van der Waals surface area contributed by atoms with Crippen LogP contribution in [0.1, 0.15) is 58.9 Å². The van der Waals surface area contributed by atoms with Gasteiger partial charge in [0, 0.05) is 6.42 Å². The summed E-state index contributed by atoms with van der Waals surface area (Å²) in [4.78, 5) is 50.7. The summed E-state index contributed by atoms with van der Waals surface area (Å²) in [6.45, 7) is 7.78. The van der Waals surface area contributed by atoms with Crippen molar-refractivity contribution >= 4 is 23.7 Å². The number of phenolic OH excluding ortho intramolecular Hbond substituents is 1. The predicted octanol–water partition coefficient (Wildman–Crippen LogP) is 0.632. The molecule has 0 aliphatic carbocycles. The highest BCUT2D eigenvalue weighted by Crippen LogP contribution is 2.13. The molecule has 0 aliphatic rings. The molecule has 0 saturated heterocycles. The van der Waals surface area contributed by atoms with Gasteiger partial charge >= 0.3 is 5.97 Å². The number of carboxylic acid groups (broad SMARTS) is 1. The highest BCUT2D eigenvalue weighted by atomic mass is 16.4. The first-order chi connectivity index (χ1) is 17.3. The number of amides is 3. The van der Waals surface area contributed by atoms with Gasteiger partial charge in [-0.1, -0.05) is 39.8 Å². The van der Waals surface area contributed by atoms with Gasteiger partial charge in [-0.25, -0.2) is 4.79 Å². The van der Waals surface area contributed by atoms with Gasteiger partial charge in [-0.15, -0.1) is 0 Å². The smallest absolute Gasteiger partial charge is 0.326 e. The molecule has 4 unspecified atom stereocenters. The number of unbranched alkanes of at least 4 members (excludes halogenated alkanes) is 1. The standard InChI is InChI=1S/C26H43N5O6/c1-15(2)13-20(24(34)31-21(26(36)37)14-17-8-10-18(32)11-9-17)30-23(33)19(7-5-6-12-27)29-25(35)22(28)16(3)4/h8-11,15-16,19-22,32H,5-7,12-14,27-28H2,1-4H3,(H,29,35)(H,30,33)(H,31,34)(H,36,37). The molecule has 0 radical (unpaired) electrons. The lowest BCUT2D eigenvalue weighted by molar-refractivity contribution is -0.142. The molecule has 9 N–H and O–H groups in total. The number of rotatable bonds is 16. The third-order valence-electron chi connectivity index (χ3n) is 5.93. The van der Waals surface area contributed by atoms with Crippen LogP contribution >= 0.6 is 0 Å². The van der Waals surface area contributed by atoms with E-state index in [-0.39, 0.29) is 30.4 Å². The van der Waals surface area contributed by atoms with Crippen LogP contribution in [-0.4, -0.2) is 64.6 Å². The van der Waals surface area contributed by atoms with Crippen molar-refractivity contribution in [3.8, 4) is 5.75 Å². The van der Waals surface area contributed by atoms with E-state index in [4.69, 9.17) is 11.5 Å². The minimum Gasteiger partial charge on any atom is -0.508 e. The first-order valence-corrected chi connectivity index (χ1v) is 12.7. The zero-order valence-electron chi connectivity index (χ0n) is 22.2. The lowest BCUT2D eigenvalue weighted by atomic mass is 10.00. The Morgan fingerprint density at radius 1 is 0.838 bits per heavy atom. The van der Waals surface area contributed by atoms with Gasteiger partial charge in [-0.2, -0.15) is 0 Å². The van der Waals surface area contributed by atoms with Crippen LogP contribution < -0.4 is 27.4 Å². The second kappa shape index (κ2) is 15.8. The number of carbonyl (C=O) groups is 4. The predicted molar refractivity (Wildman–Crippen MR) is 140 cm³/mol. The average Bonchev–Trinajstić information content (AvgIpc) is 2.82. The van der Waals surface area contributed by atoms with Crippen molar-refractivity contribution in [1.82, 2.24) is 16.0 Å². The second-order valence-electron chi connectivity index (χ2n) is 10.1. The summed E-state index contributed by atoms with van der Waals surface area (Å²) >= 11 is 0. The summed E-state index contributed by atoms with van der Waals surface area (Å²) in [5, 5.41) is 27.0. The van der Waals surface area contributed by atoms with E-state index in [9.17, 15) is 29.4 Å². The number of nitrogens with two attached hydrogens (primary N) is 2. The van der Waals surface area contributed by atoms with E-state index >= 15 is 0 Å². The van der Waals surface area contributed by atoms with Crippen molar-refractivity contribution in [2.45, 2.75) is 84.0 Å². The molecule has 0 spiro atoms. The average molecular weight is 522 g/mol. The Labute approximate surface area is 218 Å². The van der Waals surface area contributed by atoms with Crippen LogP contribution in [0.5, 0.6) is 5.75 Å². The third kappa shape index (κ3) is 11.6. The third-order valence-corrected chi connectivity index (χ3v) is 5.93. The zero-order chi connectivity index (χ0) is 28.1. The molecule has 1 rings (SSSR count). The summed E-state index contributed by atoms with van der Waals surface area (Å²) in [5.41, 5.74) is 12.1. The molecule has 4 atom stereocenters. The van der Waals surface area contributed by atoms with Gasteiger partial charge < -0.3 is 37.6 Å². The van der Waals surface area contributed by atoms with Crippen LogP contribution in [-0.2, 0) is 25.6 Å². The molecule has 0 bridgehead atoms. The van der Waals surface area contributed by atoms with E-state index in [1.165, 1.54) is 12.1 Å². The molecule has 0 saturated carbocycles. The van der Waals surface area contributed by atoms with E-state index < -0.39 is 47.9 Å².